The molecular formula is C11H26ClN3OS. The maximum Gasteiger partial charge on any atom is 0.236 e. The van der Waals surface area contributed by atoms with Gasteiger partial charge in [-0.25, -0.2) is 0 Å². The molecule has 0 aliphatic heterocycles. The molecule has 0 heterocycles. The van der Waals surface area contributed by atoms with E-state index in [1.807, 2.05) is 6.26 Å². The van der Waals surface area contributed by atoms with Crippen LogP contribution in [0.4, 0.5) is 0 Å². The van der Waals surface area contributed by atoms with E-state index in [1.54, 1.807) is 11.8 Å². The van der Waals surface area contributed by atoms with Crippen molar-refractivity contribution in [1.82, 2.24) is 10.2 Å². The largest absolute Gasteiger partial charge is 0.353 e. The lowest BCUT2D eigenvalue weighted by Crippen LogP contribution is -2.43. The van der Waals surface area contributed by atoms with Gasteiger partial charge in [-0.15, -0.1) is 12.4 Å². The van der Waals surface area contributed by atoms with Crippen LogP contribution in [0.5, 0.6) is 0 Å². The molecule has 0 aliphatic rings. The highest BCUT2D eigenvalue weighted by atomic mass is 35.5. The molecule has 1 atom stereocenters. The lowest BCUT2D eigenvalue weighted by atomic mass is 10.2. The highest BCUT2D eigenvalue weighted by Crippen LogP contribution is 1.98. The number of halogens is 1. The van der Waals surface area contributed by atoms with Crippen LogP contribution in [0.15, 0.2) is 0 Å². The molecule has 0 saturated heterocycles. The number of nitrogens with one attached hydrogen (secondary N) is 1. The number of nitrogens with two attached hydrogens (primary N) is 1. The van der Waals surface area contributed by atoms with Crippen LogP contribution in [-0.2, 0) is 4.79 Å². The van der Waals surface area contributed by atoms with Gasteiger partial charge in [-0.1, -0.05) is 13.8 Å². The SMILES string of the molecule is CCN(CC)CCNC(=O)[C@@H](N)CCSC.Cl. The fourth-order valence-corrected chi connectivity index (χ4v) is 1.87. The molecule has 0 radical (unpaired) electrons. The molecule has 4 nitrogen and oxygen atoms in total. The Bertz CT molecular complexity index is 192. The Morgan fingerprint density at radius 1 is 1.41 bits per heavy atom. The summed E-state index contributed by atoms with van der Waals surface area (Å²) in [5.74, 6) is 0.908. The molecule has 104 valence electrons. The summed E-state index contributed by atoms with van der Waals surface area (Å²) in [6, 6.07) is -0.357. The Labute approximate surface area is 115 Å². The average Bonchev–Trinajstić information content (AvgIpc) is 2.31. The van der Waals surface area contributed by atoms with Crippen molar-refractivity contribution in [2.24, 2.45) is 5.73 Å². The maximum atomic E-state index is 11.5. The average molecular weight is 284 g/mol. The first kappa shape index (κ1) is 19.4. The Morgan fingerprint density at radius 2 is 2.00 bits per heavy atom. The number of nitrogens with zero attached hydrogens (tertiary/aromatic N) is 1. The number of thioether (sulfide) groups is 1. The van der Waals surface area contributed by atoms with Crippen LogP contribution in [0.1, 0.15) is 20.3 Å². The van der Waals surface area contributed by atoms with Crippen molar-refractivity contribution in [3.8, 4) is 0 Å². The van der Waals surface area contributed by atoms with E-state index in [1.165, 1.54) is 0 Å². The Hall–Kier alpha value is 0.0300. The molecule has 0 bridgehead atoms. The van der Waals surface area contributed by atoms with Gasteiger partial charge in [0.15, 0.2) is 0 Å². The van der Waals surface area contributed by atoms with Gasteiger partial charge in [0.25, 0.3) is 0 Å². The van der Waals surface area contributed by atoms with Crippen LogP contribution < -0.4 is 11.1 Å². The number of carbonyl (C=O) groups excluding carboxylic acids is 1. The zero-order valence-electron chi connectivity index (χ0n) is 11.1. The second kappa shape index (κ2) is 12.5. The standard InChI is InChI=1S/C11H25N3OS.ClH/c1-4-14(5-2)8-7-13-11(15)10(12)6-9-16-3;/h10H,4-9,12H2,1-3H3,(H,13,15);1H/t10-;/m0./s1. The predicted molar refractivity (Wildman–Crippen MR) is 79.0 cm³/mol. The van der Waals surface area contributed by atoms with Crippen LogP contribution in [0, 0.1) is 0 Å². The van der Waals surface area contributed by atoms with Gasteiger partial charge in [-0.05, 0) is 31.5 Å². The molecule has 0 unspecified atom stereocenters. The zero-order chi connectivity index (χ0) is 12.4. The Morgan fingerprint density at radius 3 is 2.47 bits per heavy atom. The molecule has 0 saturated carbocycles. The molecule has 0 fully saturated rings. The molecule has 0 aromatic rings. The summed E-state index contributed by atoms with van der Waals surface area (Å²) in [5.41, 5.74) is 5.75. The highest BCUT2D eigenvalue weighted by Gasteiger charge is 2.12. The van der Waals surface area contributed by atoms with E-state index >= 15 is 0 Å². The van der Waals surface area contributed by atoms with Crippen molar-refractivity contribution in [3.63, 3.8) is 0 Å². The number of rotatable bonds is 9. The van der Waals surface area contributed by atoms with Crippen LogP contribution in [0.2, 0.25) is 0 Å². The summed E-state index contributed by atoms with van der Waals surface area (Å²) in [7, 11) is 0. The maximum absolute atomic E-state index is 11.5. The Balaban J connectivity index is 0. The first-order valence-corrected chi connectivity index (χ1v) is 7.29. The minimum atomic E-state index is -0.357. The van der Waals surface area contributed by atoms with Crippen molar-refractivity contribution in [3.05, 3.63) is 0 Å². The van der Waals surface area contributed by atoms with Gasteiger partial charge in [0, 0.05) is 13.1 Å². The summed E-state index contributed by atoms with van der Waals surface area (Å²) < 4.78 is 0. The molecule has 1 amide bonds. The first-order valence-electron chi connectivity index (χ1n) is 5.90. The fraction of sp³-hybridized carbons (Fsp3) is 0.909. The second-order valence-corrected chi connectivity index (χ2v) is 4.69. The molecule has 3 N–H and O–H groups in total. The number of likely N-dealkylation sites (N-methyl/N-ethyl adjacent to an activating group) is 1. The van der Waals surface area contributed by atoms with Crippen molar-refractivity contribution < 1.29 is 4.79 Å². The van der Waals surface area contributed by atoms with E-state index < -0.39 is 0 Å². The third kappa shape index (κ3) is 9.71. The van der Waals surface area contributed by atoms with Crippen LogP contribution >= 0.6 is 24.2 Å². The van der Waals surface area contributed by atoms with Gasteiger partial charge < -0.3 is 16.0 Å². The topological polar surface area (TPSA) is 58.4 Å². The van der Waals surface area contributed by atoms with Gasteiger partial charge in [-0.3, -0.25) is 4.79 Å². The van der Waals surface area contributed by atoms with Crippen LogP contribution in [0.25, 0.3) is 0 Å². The minimum absolute atomic E-state index is 0. The van der Waals surface area contributed by atoms with Crippen molar-refractivity contribution in [2.45, 2.75) is 26.3 Å². The van der Waals surface area contributed by atoms with E-state index in [2.05, 4.69) is 24.1 Å². The quantitative estimate of drug-likeness (QED) is 0.661. The predicted octanol–water partition coefficient (Wildman–Crippen LogP) is 0.947. The van der Waals surface area contributed by atoms with Crippen molar-refractivity contribution in [2.75, 3.05) is 38.2 Å². The molecule has 6 heteroatoms. The smallest absolute Gasteiger partial charge is 0.236 e. The number of carbonyl (C=O) groups is 1. The molecule has 0 rings (SSSR count). The number of amides is 1. The molecular weight excluding hydrogens is 258 g/mol. The van der Waals surface area contributed by atoms with Gasteiger partial charge in [0.1, 0.15) is 0 Å². The fourth-order valence-electron chi connectivity index (χ4n) is 1.38. The lowest BCUT2D eigenvalue weighted by molar-refractivity contribution is -0.122. The first-order chi connectivity index (χ1) is 7.65. The monoisotopic (exact) mass is 283 g/mol. The highest BCUT2D eigenvalue weighted by molar-refractivity contribution is 7.98. The number of hydrogen-bond donors (Lipinski definition) is 2. The summed E-state index contributed by atoms with van der Waals surface area (Å²) in [6.45, 7) is 7.86. The summed E-state index contributed by atoms with van der Waals surface area (Å²) in [4.78, 5) is 13.8. The van der Waals surface area contributed by atoms with Gasteiger partial charge in [0.2, 0.25) is 5.91 Å². The third-order valence-electron chi connectivity index (χ3n) is 2.59. The Kier molecular flexibility index (Phi) is 14.2. The van der Waals surface area contributed by atoms with E-state index in [4.69, 9.17) is 5.73 Å². The molecule has 0 aromatic carbocycles. The number of hydrogen-bond acceptors (Lipinski definition) is 4. The summed E-state index contributed by atoms with van der Waals surface area (Å²) in [5, 5.41) is 2.88. The van der Waals surface area contributed by atoms with Gasteiger partial charge in [-0.2, -0.15) is 11.8 Å². The summed E-state index contributed by atoms with van der Waals surface area (Å²) >= 11 is 1.72. The molecule has 17 heavy (non-hydrogen) atoms. The zero-order valence-corrected chi connectivity index (χ0v) is 12.7. The normalized spacial score (nSPS) is 12.1. The molecule has 0 aromatic heterocycles. The van der Waals surface area contributed by atoms with Crippen LogP contribution in [-0.4, -0.2) is 55.0 Å². The van der Waals surface area contributed by atoms with Crippen molar-refractivity contribution >= 4 is 30.1 Å². The van der Waals surface area contributed by atoms with Crippen molar-refractivity contribution in [1.29, 1.82) is 0 Å². The van der Waals surface area contributed by atoms with E-state index in [9.17, 15) is 4.79 Å². The summed E-state index contributed by atoms with van der Waals surface area (Å²) in [6.07, 6.45) is 2.77. The molecule has 0 aliphatic carbocycles. The minimum Gasteiger partial charge on any atom is -0.353 e. The lowest BCUT2D eigenvalue weighted by Gasteiger charge is -2.19. The van der Waals surface area contributed by atoms with Gasteiger partial charge in [0.05, 0.1) is 6.04 Å². The van der Waals surface area contributed by atoms with Gasteiger partial charge >= 0.3 is 0 Å². The van der Waals surface area contributed by atoms with E-state index in [-0.39, 0.29) is 24.4 Å². The van der Waals surface area contributed by atoms with Crippen LogP contribution in [0.3, 0.4) is 0 Å². The third-order valence-corrected chi connectivity index (χ3v) is 3.24. The van der Waals surface area contributed by atoms with E-state index in [0.717, 1.165) is 31.8 Å². The second-order valence-electron chi connectivity index (χ2n) is 3.71. The molecule has 0 spiro atoms. The van der Waals surface area contributed by atoms with E-state index in [0.29, 0.717) is 6.54 Å².